The monoisotopic (exact) mass is 544 g/mol. The number of halogens is 1. The fourth-order valence-corrected chi connectivity index (χ4v) is 3.85. The highest BCUT2D eigenvalue weighted by atomic mass is 35.5. The van der Waals surface area contributed by atoms with Crippen LogP contribution in [0.15, 0.2) is 96.1 Å². The summed E-state index contributed by atoms with van der Waals surface area (Å²) in [4.78, 5) is 12.7. The number of ether oxygens (including phenoxy) is 4. The molecule has 8 heteroatoms. The highest BCUT2D eigenvalue weighted by molar-refractivity contribution is 6.31. The van der Waals surface area contributed by atoms with E-state index in [1.165, 1.54) is 6.21 Å². The molecule has 0 spiro atoms. The van der Waals surface area contributed by atoms with Gasteiger partial charge in [-0.1, -0.05) is 60.1 Å². The van der Waals surface area contributed by atoms with Crippen molar-refractivity contribution in [3.63, 3.8) is 0 Å². The number of hydrogen-bond acceptors (Lipinski definition) is 6. The minimum absolute atomic E-state index is 0.305. The van der Waals surface area contributed by atoms with Gasteiger partial charge in [0.25, 0.3) is 5.91 Å². The van der Waals surface area contributed by atoms with Crippen molar-refractivity contribution >= 4 is 23.7 Å². The molecule has 0 radical (unpaired) electrons. The molecule has 0 heterocycles. The number of methoxy groups -OCH3 is 1. The van der Waals surface area contributed by atoms with Gasteiger partial charge >= 0.3 is 0 Å². The van der Waals surface area contributed by atoms with Gasteiger partial charge in [-0.2, -0.15) is 5.10 Å². The first-order valence-electron chi connectivity index (χ1n) is 12.4. The smallest absolute Gasteiger partial charge is 0.271 e. The van der Waals surface area contributed by atoms with Crippen LogP contribution in [-0.4, -0.2) is 25.8 Å². The Morgan fingerprint density at radius 3 is 2.31 bits per heavy atom. The Bertz CT molecular complexity index is 1430. The molecule has 200 valence electrons. The van der Waals surface area contributed by atoms with Gasteiger partial charge < -0.3 is 18.9 Å². The van der Waals surface area contributed by atoms with Crippen LogP contribution in [0.4, 0.5) is 0 Å². The Kier molecular flexibility index (Phi) is 9.80. The van der Waals surface area contributed by atoms with Crippen LogP contribution in [-0.2, 0) is 13.2 Å². The molecule has 0 aliphatic carbocycles. The molecule has 0 aromatic heterocycles. The van der Waals surface area contributed by atoms with Crippen LogP contribution in [0.5, 0.6) is 23.0 Å². The SMILES string of the molecule is CCOc1cc(C(=O)N/N=C/c2ccc(OCc3ccccc3Cl)c(OC)c2)ccc1OCc1ccccc1. The number of amides is 1. The molecule has 0 saturated heterocycles. The summed E-state index contributed by atoms with van der Waals surface area (Å²) in [6.45, 7) is 3.01. The lowest BCUT2D eigenvalue weighted by Crippen LogP contribution is -2.17. The van der Waals surface area contributed by atoms with Gasteiger partial charge in [-0.15, -0.1) is 0 Å². The van der Waals surface area contributed by atoms with Crippen molar-refractivity contribution in [2.24, 2.45) is 5.10 Å². The lowest BCUT2D eigenvalue weighted by molar-refractivity contribution is 0.0954. The molecule has 0 atom stereocenters. The van der Waals surface area contributed by atoms with E-state index >= 15 is 0 Å². The second kappa shape index (κ2) is 13.9. The van der Waals surface area contributed by atoms with Crippen molar-refractivity contribution in [1.82, 2.24) is 5.43 Å². The number of hydrogen-bond donors (Lipinski definition) is 1. The molecule has 7 nitrogen and oxygen atoms in total. The molecule has 0 fully saturated rings. The van der Waals surface area contributed by atoms with Gasteiger partial charge in [0.15, 0.2) is 23.0 Å². The number of nitrogens with one attached hydrogen (secondary N) is 1. The number of rotatable bonds is 12. The van der Waals surface area contributed by atoms with Crippen molar-refractivity contribution in [2.75, 3.05) is 13.7 Å². The van der Waals surface area contributed by atoms with Crippen LogP contribution in [0.3, 0.4) is 0 Å². The third kappa shape index (κ3) is 7.75. The molecule has 39 heavy (non-hydrogen) atoms. The summed E-state index contributed by atoms with van der Waals surface area (Å²) >= 11 is 6.21. The minimum atomic E-state index is -0.381. The lowest BCUT2D eigenvalue weighted by atomic mass is 10.2. The second-order valence-electron chi connectivity index (χ2n) is 8.36. The third-order valence-electron chi connectivity index (χ3n) is 5.65. The van der Waals surface area contributed by atoms with Crippen molar-refractivity contribution < 1.29 is 23.7 Å². The molecule has 1 N–H and O–H groups in total. The van der Waals surface area contributed by atoms with Crippen molar-refractivity contribution in [3.8, 4) is 23.0 Å². The number of benzene rings is 4. The van der Waals surface area contributed by atoms with Gasteiger partial charge in [0, 0.05) is 16.1 Å². The normalized spacial score (nSPS) is 10.7. The van der Waals surface area contributed by atoms with E-state index in [4.69, 9.17) is 30.5 Å². The van der Waals surface area contributed by atoms with E-state index in [-0.39, 0.29) is 5.91 Å². The minimum Gasteiger partial charge on any atom is -0.493 e. The first-order valence-corrected chi connectivity index (χ1v) is 12.8. The van der Waals surface area contributed by atoms with Crippen LogP contribution in [0.25, 0.3) is 0 Å². The highest BCUT2D eigenvalue weighted by Crippen LogP contribution is 2.30. The first kappa shape index (κ1) is 27.5. The maximum absolute atomic E-state index is 12.7. The highest BCUT2D eigenvalue weighted by Gasteiger charge is 2.12. The van der Waals surface area contributed by atoms with Crippen molar-refractivity contribution in [3.05, 3.63) is 118 Å². The standard InChI is InChI=1S/C31H29ClN2O5/c1-3-37-30-18-24(14-16-28(30)38-20-22-9-5-4-6-10-22)31(35)34-33-19-23-13-15-27(29(17-23)36-2)39-21-25-11-7-8-12-26(25)32/h4-19H,3,20-21H2,1-2H3,(H,34,35)/b33-19+. The summed E-state index contributed by atoms with van der Waals surface area (Å²) in [5.41, 5.74) is 5.57. The molecule has 0 bridgehead atoms. The Morgan fingerprint density at radius 1 is 0.821 bits per heavy atom. The summed E-state index contributed by atoms with van der Waals surface area (Å²) in [6.07, 6.45) is 1.53. The summed E-state index contributed by atoms with van der Waals surface area (Å²) in [5, 5.41) is 4.73. The second-order valence-corrected chi connectivity index (χ2v) is 8.77. The van der Waals surface area contributed by atoms with Gasteiger partial charge in [0.1, 0.15) is 13.2 Å². The molecular weight excluding hydrogens is 516 g/mol. The quantitative estimate of drug-likeness (QED) is 0.159. The average molecular weight is 545 g/mol. The molecule has 0 saturated carbocycles. The molecule has 0 aliphatic rings. The van der Waals surface area contributed by atoms with Crippen molar-refractivity contribution in [2.45, 2.75) is 20.1 Å². The van der Waals surface area contributed by atoms with E-state index in [2.05, 4.69) is 10.5 Å². The van der Waals surface area contributed by atoms with Gasteiger partial charge in [-0.25, -0.2) is 5.43 Å². The Balaban J connectivity index is 1.37. The summed E-state index contributed by atoms with van der Waals surface area (Å²) in [5.74, 6) is 1.77. The van der Waals surface area contributed by atoms with E-state index in [0.29, 0.717) is 53.4 Å². The molecule has 4 aromatic rings. The molecule has 0 aliphatic heterocycles. The summed E-state index contributed by atoms with van der Waals surface area (Å²) < 4.78 is 23.0. The lowest BCUT2D eigenvalue weighted by Gasteiger charge is -2.13. The zero-order valence-electron chi connectivity index (χ0n) is 21.7. The van der Waals surface area contributed by atoms with Gasteiger partial charge in [-0.05, 0) is 60.5 Å². The average Bonchev–Trinajstić information content (AvgIpc) is 2.97. The van der Waals surface area contributed by atoms with Gasteiger partial charge in [0.2, 0.25) is 0 Å². The van der Waals surface area contributed by atoms with Gasteiger partial charge in [0.05, 0.1) is 19.9 Å². The Labute approximate surface area is 232 Å². The zero-order chi connectivity index (χ0) is 27.5. The van der Waals surface area contributed by atoms with Crippen LogP contribution in [0.1, 0.15) is 34.0 Å². The molecule has 4 rings (SSSR count). The van der Waals surface area contributed by atoms with E-state index in [0.717, 1.165) is 16.7 Å². The summed E-state index contributed by atoms with van der Waals surface area (Å²) in [7, 11) is 1.56. The Hall–Kier alpha value is -4.49. The number of hydrazone groups is 1. The predicted octanol–water partition coefficient (Wildman–Crippen LogP) is 6.67. The van der Waals surface area contributed by atoms with E-state index in [1.54, 1.807) is 37.4 Å². The van der Waals surface area contributed by atoms with E-state index < -0.39 is 0 Å². The molecule has 0 unspecified atom stereocenters. The maximum atomic E-state index is 12.7. The largest absolute Gasteiger partial charge is 0.493 e. The van der Waals surface area contributed by atoms with Crippen LogP contribution in [0.2, 0.25) is 5.02 Å². The number of carbonyl (C=O) groups excluding carboxylic acids is 1. The number of carbonyl (C=O) groups is 1. The van der Waals surface area contributed by atoms with Crippen molar-refractivity contribution in [1.29, 1.82) is 0 Å². The van der Waals surface area contributed by atoms with Gasteiger partial charge in [-0.3, -0.25) is 4.79 Å². The molecular formula is C31H29ClN2O5. The third-order valence-corrected chi connectivity index (χ3v) is 6.02. The topological polar surface area (TPSA) is 78.4 Å². The molecule has 4 aromatic carbocycles. The van der Waals surface area contributed by atoms with Crippen LogP contribution >= 0.6 is 11.6 Å². The molecule has 1 amide bonds. The maximum Gasteiger partial charge on any atom is 0.271 e. The fraction of sp³-hybridized carbons (Fsp3) is 0.161. The zero-order valence-corrected chi connectivity index (χ0v) is 22.5. The van der Waals surface area contributed by atoms with E-state index in [9.17, 15) is 4.79 Å². The summed E-state index contributed by atoms with van der Waals surface area (Å²) in [6, 6.07) is 27.7. The number of nitrogens with zero attached hydrogens (tertiary/aromatic N) is 1. The van der Waals surface area contributed by atoms with Crippen LogP contribution in [0, 0.1) is 0 Å². The van der Waals surface area contributed by atoms with Crippen LogP contribution < -0.4 is 24.4 Å². The first-order chi connectivity index (χ1) is 19.1. The Morgan fingerprint density at radius 2 is 1.54 bits per heavy atom. The predicted molar refractivity (Wildman–Crippen MR) is 152 cm³/mol. The fourth-order valence-electron chi connectivity index (χ4n) is 3.66. The van der Waals surface area contributed by atoms with E-state index in [1.807, 2.05) is 67.6 Å².